The van der Waals surface area contributed by atoms with Crippen LogP contribution in [0.1, 0.15) is 33.9 Å². The highest BCUT2D eigenvalue weighted by atomic mass is 32.2. The first-order valence-electron chi connectivity index (χ1n) is 11.2. The summed E-state index contributed by atoms with van der Waals surface area (Å²) in [4.78, 5) is 30.1. The topological polar surface area (TPSA) is 102 Å². The minimum Gasteiger partial charge on any atom is -0.481 e. The predicted molar refractivity (Wildman–Crippen MR) is 138 cm³/mol. The molecule has 4 aromatic heterocycles. The molecule has 0 saturated heterocycles. The van der Waals surface area contributed by atoms with Gasteiger partial charge in [0.05, 0.1) is 14.3 Å². The average Bonchev–Trinajstić information content (AvgIpc) is 3.32. The van der Waals surface area contributed by atoms with Crippen molar-refractivity contribution in [1.82, 2.24) is 4.98 Å². The molecule has 5 aromatic rings. The van der Waals surface area contributed by atoms with E-state index in [1.807, 2.05) is 42.5 Å². The Labute approximate surface area is 213 Å². The van der Waals surface area contributed by atoms with E-state index in [2.05, 4.69) is 22.1 Å². The molecule has 0 unspecified atom stereocenters. The van der Waals surface area contributed by atoms with E-state index in [9.17, 15) is 14.7 Å². The third-order valence-electron chi connectivity index (χ3n) is 6.05. The number of anilines is 1. The van der Waals surface area contributed by atoms with Gasteiger partial charge in [0.15, 0.2) is 0 Å². The lowest BCUT2D eigenvalue weighted by Crippen LogP contribution is -2.17. The van der Waals surface area contributed by atoms with Crippen LogP contribution in [-0.4, -0.2) is 22.2 Å². The molecule has 7 nitrogen and oxygen atoms in total. The van der Waals surface area contributed by atoms with Crippen LogP contribution in [0.4, 0.5) is 10.5 Å². The van der Waals surface area contributed by atoms with Gasteiger partial charge in [-0.2, -0.15) is 0 Å². The fourth-order valence-corrected chi connectivity index (χ4v) is 6.49. The van der Waals surface area contributed by atoms with Gasteiger partial charge in [-0.3, -0.25) is 10.1 Å². The van der Waals surface area contributed by atoms with Crippen LogP contribution in [0.15, 0.2) is 65.2 Å². The number of pyridine rings is 1. The molecule has 0 spiro atoms. The maximum Gasteiger partial charge on any atom is 0.412 e. The molecular formula is C27H18N2O5S2. The number of amides is 1. The molecular weight excluding hydrogens is 496 g/mol. The number of furan rings is 1. The van der Waals surface area contributed by atoms with Gasteiger partial charge in [-0.1, -0.05) is 30.3 Å². The second-order valence-corrected chi connectivity index (χ2v) is 10.8. The molecule has 178 valence electrons. The van der Waals surface area contributed by atoms with Crippen LogP contribution in [0.2, 0.25) is 0 Å². The van der Waals surface area contributed by atoms with Crippen molar-refractivity contribution in [3.63, 3.8) is 0 Å². The first-order chi connectivity index (χ1) is 17.5. The summed E-state index contributed by atoms with van der Waals surface area (Å²) in [5.74, 6) is 5.65. The number of ether oxygens (including phenoxy) is 1. The minimum absolute atomic E-state index is 0.138. The summed E-state index contributed by atoms with van der Waals surface area (Å²) in [6, 6.07) is 16.9. The third kappa shape index (κ3) is 4.11. The number of aromatic nitrogens is 1. The maximum absolute atomic E-state index is 12.5. The van der Waals surface area contributed by atoms with Crippen LogP contribution in [-0.2, 0) is 21.6 Å². The summed E-state index contributed by atoms with van der Waals surface area (Å²) in [6.07, 6.45) is 2.36. The smallest absolute Gasteiger partial charge is 0.412 e. The molecule has 1 aromatic carbocycles. The Balaban J connectivity index is 1.25. The van der Waals surface area contributed by atoms with Crippen LogP contribution in [0.25, 0.3) is 20.5 Å². The summed E-state index contributed by atoms with van der Waals surface area (Å²) in [6.45, 7) is 0.138. The molecule has 36 heavy (non-hydrogen) atoms. The predicted octanol–water partition coefficient (Wildman–Crippen LogP) is 6.37. The summed E-state index contributed by atoms with van der Waals surface area (Å²) < 4.78 is 12.2. The molecule has 6 rings (SSSR count). The third-order valence-corrected chi connectivity index (χ3v) is 8.56. The monoisotopic (exact) mass is 514 g/mol. The van der Waals surface area contributed by atoms with Gasteiger partial charge in [-0.15, -0.1) is 22.7 Å². The second-order valence-electron chi connectivity index (χ2n) is 8.45. The Bertz CT molecular complexity index is 1650. The van der Waals surface area contributed by atoms with E-state index in [4.69, 9.17) is 9.15 Å². The number of carboxylic acids is 1. The standard InChI is InChI=1S/C27H18N2O5S2/c30-25(31)27(10-11-27)21-14-17-13-18(35-24(17)36-21)8-9-20-22(19-7-4-12-28-23(19)34-20)29-26(32)33-15-16-5-2-1-3-6-16/h1-7,12-14H,10-11,15H2,(H,29,32)(H,30,31). The zero-order chi connectivity index (χ0) is 24.7. The molecule has 1 saturated carbocycles. The number of carbonyl (C=O) groups is 2. The Morgan fingerprint density at radius 3 is 2.69 bits per heavy atom. The lowest BCUT2D eigenvalue weighted by atomic mass is 10.1. The number of rotatable bonds is 5. The molecule has 0 radical (unpaired) electrons. The molecule has 9 heteroatoms. The highest BCUT2D eigenvalue weighted by molar-refractivity contribution is 7.38. The number of benzene rings is 1. The number of aliphatic carboxylic acids is 1. The van der Waals surface area contributed by atoms with Crippen molar-refractivity contribution in [3.05, 3.63) is 81.9 Å². The van der Waals surface area contributed by atoms with Crippen LogP contribution in [0.3, 0.4) is 0 Å². The van der Waals surface area contributed by atoms with Gasteiger partial charge < -0.3 is 14.3 Å². The van der Waals surface area contributed by atoms with Crippen molar-refractivity contribution >= 4 is 60.9 Å². The number of nitrogens with one attached hydrogen (secondary N) is 1. The number of nitrogens with zero attached hydrogens (tertiary/aromatic N) is 1. The fraction of sp³-hybridized carbons (Fsp3) is 0.148. The van der Waals surface area contributed by atoms with E-state index in [1.165, 1.54) is 22.7 Å². The van der Waals surface area contributed by atoms with Crippen molar-refractivity contribution < 1.29 is 23.8 Å². The van der Waals surface area contributed by atoms with E-state index in [-0.39, 0.29) is 12.4 Å². The summed E-state index contributed by atoms with van der Waals surface area (Å²) in [7, 11) is 0. The van der Waals surface area contributed by atoms with Crippen molar-refractivity contribution in [2.75, 3.05) is 5.32 Å². The van der Waals surface area contributed by atoms with E-state index in [0.717, 1.165) is 24.7 Å². The Kier molecular flexibility index (Phi) is 5.48. The first kappa shape index (κ1) is 22.3. The zero-order valence-electron chi connectivity index (χ0n) is 18.7. The number of carbonyl (C=O) groups excluding carboxylic acids is 1. The van der Waals surface area contributed by atoms with Crippen molar-refractivity contribution in [1.29, 1.82) is 0 Å². The average molecular weight is 515 g/mol. The van der Waals surface area contributed by atoms with Gasteiger partial charge in [0, 0.05) is 16.5 Å². The molecule has 1 amide bonds. The largest absolute Gasteiger partial charge is 0.481 e. The summed E-state index contributed by atoms with van der Waals surface area (Å²) in [5.41, 5.74) is 0.941. The van der Waals surface area contributed by atoms with Crippen molar-refractivity contribution in [2.45, 2.75) is 24.9 Å². The minimum atomic E-state index is -0.753. The molecule has 1 fully saturated rings. The van der Waals surface area contributed by atoms with Gasteiger partial charge in [0.2, 0.25) is 11.5 Å². The highest BCUT2D eigenvalue weighted by Gasteiger charge is 2.53. The van der Waals surface area contributed by atoms with E-state index >= 15 is 0 Å². The van der Waals surface area contributed by atoms with Crippen molar-refractivity contribution in [3.8, 4) is 11.8 Å². The number of carboxylic acid groups (broad SMARTS) is 1. The second kappa shape index (κ2) is 8.82. The first-order valence-corrected chi connectivity index (χ1v) is 12.8. The van der Waals surface area contributed by atoms with Gasteiger partial charge in [0.25, 0.3) is 0 Å². The van der Waals surface area contributed by atoms with Crippen LogP contribution < -0.4 is 5.32 Å². The van der Waals surface area contributed by atoms with Crippen molar-refractivity contribution in [2.24, 2.45) is 0 Å². The fourth-order valence-electron chi connectivity index (χ4n) is 3.95. The molecule has 4 heterocycles. The van der Waals surface area contributed by atoms with E-state index in [1.54, 1.807) is 18.3 Å². The molecule has 2 N–H and O–H groups in total. The van der Waals surface area contributed by atoms with Crippen LogP contribution in [0, 0.1) is 11.8 Å². The Hall–Kier alpha value is -4.13. The Morgan fingerprint density at radius 1 is 1.11 bits per heavy atom. The van der Waals surface area contributed by atoms with Gasteiger partial charge in [-0.25, -0.2) is 9.78 Å². The van der Waals surface area contributed by atoms with E-state index < -0.39 is 17.5 Å². The van der Waals surface area contributed by atoms with E-state index in [0.29, 0.717) is 29.6 Å². The number of hydrogen-bond donors (Lipinski definition) is 2. The lowest BCUT2D eigenvalue weighted by Gasteiger charge is -2.06. The molecule has 1 aliphatic rings. The van der Waals surface area contributed by atoms with Gasteiger partial charge >= 0.3 is 12.1 Å². The lowest BCUT2D eigenvalue weighted by molar-refractivity contribution is -0.139. The van der Waals surface area contributed by atoms with Gasteiger partial charge in [0.1, 0.15) is 17.7 Å². The van der Waals surface area contributed by atoms with Crippen LogP contribution in [0.5, 0.6) is 0 Å². The number of hydrogen-bond acceptors (Lipinski definition) is 7. The highest BCUT2D eigenvalue weighted by Crippen LogP contribution is 2.52. The van der Waals surface area contributed by atoms with Crippen LogP contribution >= 0.6 is 22.7 Å². The maximum atomic E-state index is 12.5. The quantitative estimate of drug-likeness (QED) is 0.264. The Morgan fingerprint density at radius 2 is 1.94 bits per heavy atom. The molecule has 0 aliphatic heterocycles. The van der Waals surface area contributed by atoms with Gasteiger partial charge in [-0.05, 0) is 54.5 Å². The molecule has 0 atom stereocenters. The number of thiophene rings is 2. The normalized spacial score (nSPS) is 13.8. The molecule has 1 aliphatic carbocycles. The SMILES string of the molecule is O=C(Nc1c(C#Cc2cc3cc(C4(C(=O)O)CC4)sc3s2)oc2ncccc12)OCc1ccccc1. The zero-order valence-corrected chi connectivity index (χ0v) is 20.4. The molecule has 0 bridgehead atoms. The number of fused-ring (bicyclic) bond motifs is 2. The summed E-state index contributed by atoms with van der Waals surface area (Å²) in [5, 5.41) is 13.9. The summed E-state index contributed by atoms with van der Waals surface area (Å²) >= 11 is 3.03.